The number of nitrogens with zero attached hydrogens (tertiary/aromatic N) is 1. The van der Waals surface area contributed by atoms with E-state index in [1.54, 1.807) is 0 Å². The normalized spacial score (nSPS) is 10.2. The summed E-state index contributed by atoms with van der Waals surface area (Å²) in [5.74, 6) is 0. The molecule has 5 heteroatoms. The minimum atomic E-state index is -0.338. The Morgan fingerprint density at radius 1 is 1.50 bits per heavy atom. The highest BCUT2D eigenvalue weighted by Crippen LogP contribution is 2.10. The maximum Gasteiger partial charge on any atom is 0.269 e. The van der Waals surface area contributed by atoms with E-state index in [1.165, 1.54) is 16.8 Å². The SMILES string of the molecule is O=c1c(Cl)cc(Cl)cn1CCO. The van der Waals surface area contributed by atoms with Crippen LogP contribution in [0.25, 0.3) is 0 Å². The molecule has 0 spiro atoms. The van der Waals surface area contributed by atoms with Gasteiger partial charge in [-0.15, -0.1) is 0 Å². The predicted molar refractivity (Wildman–Crippen MR) is 47.8 cm³/mol. The van der Waals surface area contributed by atoms with Crippen molar-refractivity contribution >= 4 is 23.2 Å². The molecule has 0 aliphatic heterocycles. The van der Waals surface area contributed by atoms with Gasteiger partial charge in [0, 0.05) is 12.7 Å². The molecular formula is C7H7Cl2NO2. The topological polar surface area (TPSA) is 42.2 Å². The first kappa shape index (κ1) is 9.58. The van der Waals surface area contributed by atoms with Crippen LogP contribution in [0.4, 0.5) is 0 Å². The Morgan fingerprint density at radius 2 is 2.17 bits per heavy atom. The zero-order valence-corrected chi connectivity index (χ0v) is 7.64. The van der Waals surface area contributed by atoms with E-state index in [0.717, 1.165) is 0 Å². The molecule has 1 heterocycles. The predicted octanol–water partition coefficient (Wildman–Crippen LogP) is 1.15. The van der Waals surface area contributed by atoms with E-state index in [0.29, 0.717) is 5.02 Å². The second kappa shape index (κ2) is 3.94. The fraction of sp³-hybridized carbons (Fsp3) is 0.286. The second-order valence-corrected chi connectivity index (χ2v) is 3.07. The van der Waals surface area contributed by atoms with E-state index in [2.05, 4.69) is 0 Å². The molecule has 0 radical (unpaired) electrons. The van der Waals surface area contributed by atoms with Crippen LogP contribution in [0.5, 0.6) is 0 Å². The Bertz CT molecular complexity index is 335. The van der Waals surface area contributed by atoms with Crippen molar-refractivity contribution in [1.82, 2.24) is 4.57 Å². The lowest BCUT2D eigenvalue weighted by Gasteiger charge is -2.03. The lowest BCUT2D eigenvalue weighted by Crippen LogP contribution is -2.21. The fourth-order valence-corrected chi connectivity index (χ4v) is 1.35. The molecule has 0 saturated carbocycles. The van der Waals surface area contributed by atoms with Crippen molar-refractivity contribution in [2.24, 2.45) is 0 Å². The molecule has 3 nitrogen and oxygen atoms in total. The molecule has 1 aromatic heterocycles. The molecule has 1 rings (SSSR count). The summed E-state index contributed by atoms with van der Waals surface area (Å²) in [6.07, 6.45) is 1.44. The van der Waals surface area contributed by atoms with Gasteiger partial charge in [-0.3, -0.25) is 4.79 Å². The molecule has 0 fully saturated rings. The first-order chi connectivity index (χ1) is 5.65. The van der Waals surface area contributed by atoms with Crippen LogP contribution in [-0.4, -0.2) is 16.3 Å². The van der Waals surface area contributed by atoms with Gasteiger partial charge in [0.2, 0.25) is 0 Å². The number of aliphatic hydroxyl groups is 1. The van der Waals surface area contributed by atoms with Gasteiger partial charge in [-0.05, 0) is 6.07 Å². The monoisotopic (exact) mass is 207 g/mol. The van der Waals surface area contributed by atoms with Crippen molar-refractivity contribution < 1.29 is 5.11 Å². The largest absolute Gasteiger partial charge is 0.395 e. The Kier molecular flexibility index (Phi) is 3.14. The van der Waals surface area contributed by atoms with Crippen molar-refractivity contribution in [2.75, 3.05) is 6.61 Å². The summed E-state index contributed by atoms with van der Waals surface area (Å²) < 4.78 is 1.27. The number of aliphatic hydroxyl groups excluding tert-OH is 1. The lowest BCUT2D eigenvalue weighted by atomic mass is 10.4. The van der Waals surface area contributed by atoms with Crippen LogP contribution >= 0.6 is 23.2 Å². The van der Waals surface area contributed by atoms with Crippen molar-refractivity contribution in [3.8, 4) is 0 Å². The molecule has 0 bridgehead atoms. The number of aromatic nitrogens is 1. The first-order valence-electron chi connectivity index (χ1n) is 3.31. The molecule has 0 unspecified atom stereocenters. The number of pyridine rings is 1. The maximum absolute atomic E-state index is 11.2. The molecule has 0 saturated heterocycles. The van der Waals surface area contributed by atoms with Crippen LogP contribution in [-0.2, 0) is 6.54 Å². The third-order valence-corrected chi connectivity index (χ3v) is 1.83. The van der Waals surface area contributed by atoms with Crippen molar-refractivity contribution in [2.45, 2.75) is 6.54 Å². The minimum Gasteiger partial charge on any atom is -0.395 e. The molecule has 0 amide bonds. The zero-order chi connectivity index (χ0) is 9.14. The van der Waals surface area contributed by atoms with Gasteiger partial charge in [-0.2, -0.15) is 0 Å². The van der Waals surface area contributed by atoms with Gasteiger partial charge in [0.25, 0.3) is 5.56 Å². The van der Waals surface area contributed by atoms with Crippen molar-refractivity contribution in [3.05, 3.63) is 32.7 Å². The molecule has 0 aliphatic carbocycles. The van der Waals surface area contributed by atoms with Gasteiger partial charge in [0.1, 0.15) is 5.02 Å². The Hall–Kier alpha value is -0.510. The average molecular weight is 208 g/mol. The van der Waals surface area contributed by atoms with Crippen LogP contribution in [0.2, 0.25) is 10.0 Å². The summed E-state index contributed by atoms with van der Waals surface area (Å²) >= 11 is 11.2. The quantitative estimate of drug-likeness (QED) is 0.791. The summed E-state index contributed by atoms with van der Waals surface area (Å²) in [7, 11) is 0. The highest BCUT2D eigenvalue weighted by Gasteiger charge is 2.02. The number of rotatable bonds is 2. The van der Waals surface area contributed by atoms with E-state index >= 15 is 0 Å². The Labute approximate surface area is 79.2 Å². The summed E-state index contributed by atoms with van der Waals surface area (Å²) in [5.41, 5.74) is -0.338. The molecular weight excluding hydrogens is 201 g/mol. The molecule has 1 aromatic rings. The average Bonchev–Trinajstić information content (AvgIpc) is 2.00. The van der Waals surface area contributed by atoms with Crippen LogP contribution in [0.15, 0.2) is 17.1 Å². The van der Waals surface area contributed by atoms with E-state index in [1.807, 2.05) is 0 Å². The molecule has 0 aliphatic rings. The van der Waals surface area contributed by atoms with Crippen LogP contribution in [0, 0.1) is 0 Å². The molecule has 12 heavy (non-hydrogen) atoms. The molecule has 0 aromatic carbocycles. The van der Waals surface area contributed by atoms with Gasteiger partial charge in [0.05, 0.1) is 11.6 Å². The summed E-state index contributed by atoms with van der Waals surface area (Å²) in [5, 5.41) is 9.03. The fourth-order valence-electron chi connectivity index (χ4n) is 0.839. The lowest BCUT2D eigenvalue weighted by molar-refractivity contribution is 0.274. The van der Waals surface area contributed by atoms with E-state index in [9.17, 15) is 4.79 Å². The smallest absolute Gasteiger partial charge is 0.269 e. The third-order valence-electron chi connectivity index (χ3n) is 1.35. The van der Waals surface area contributed by atoms with Crippen molar-refractivity contribution in [1.29, 1.82) is 0 Å². The maximum atomic E-state index is 11.2. The highest BCUT2D eigenvalue weighted by molar-refractivity contribution is 6.34. The van der Waals surface area contributed by atoms with Crippen LogP contribution < -0.4 is 5.56 Å². The minimum absolute atomic E-state index is 0.0657. The van der Waals surface area contributed by atoms with Gasteiger partial charge >= 0.3 is 0 Å². The van der Waals surface area contributed by atoms with Crippen LogP contribution in [0.1, 0.15) is 0 Å². The number of halogens is 2. The Morgan fingerprint density at radius 3 is 2.75 bits per heavy atom. The van der Waals surface area contributed by atoms with Gasteiger partial charge in [-0.1, -0.05) is 23.2 Å². The Balaban J connectivity index is 3.19. The standard InChI is InChI=1S/C7H7Cl2NO2/c8-5-3-6(9)7(12)10(4-5)1-2-11/h3-4,11H,1-2H2. The van der Waals surface area contributed by atoms with E-state index in [4.69, 9.17) is 28.3 Å². The number of hydrogen-bond acceptors (Lipinski definition) is 2. The zero-order valence-electron chi connectivity index (χ0n) is 6.13. The summed E-state index contributed by atoms with van der Waals surface area (Å²) in [4.78, 5) is 11.2. The molecule has 1 N–H and O–H groups in total. The summed E-state index contributed by atoms with van der Waals surface area (Å²) in [6.45, 7) is 0.0929. The van der Waals surface area contributed by atoms with E-state index < -0.39 is 0 Å². The van der Waals surface area contributed by atoms with Crippen LogP contribution in [0.3, 0.4) is 0 Å². The number of hydrogen-bond donors (Lipinski definition) is 1. The van der Waals surface area contributed by atoms with E-state index in [-0.39, 0.29) is 23.7 Å². The third kappa shape index (κ3) is 2.00. The summed E-state index contributed by atoms with van der Waals surface area (Å²) in [6, 6.07) is 1.37. The highest BCUT2D eigenvalue weighted by atomic mass is 35.5. The molecule has 66 valence electrons. The van der Waals surface area contributed by atoms with Gasteiger partial charge < -0.3 is 9.67 Å². The first-order valence-corrected chi connectivity index (χ1v) is 4.07. The van der Waals surface area contributed by atoms with Gasteiger partial charge in [-0.25, -0.2) is 0 Å². The van der Waals surface area contributed by atoms with Gasteiger partial charge in [0.15, 0.2) is 0 Å². The van der Waals surface area contributed by atoms with Crippen molar-refractivity contribution in [3.63, 3.8) is 0 Å². The molecule has 0 atom stereocenters. The second-order valence-electron chi connectivity index (χ2n) is 2.23.